The van der Waals surface area contributed by atoms with Crippen LogP contribution in [-0.4, -0.2) is 17.5 Å². The van der Waals surface area contributed by atoms with Gasteiger partial charge in [0.25, 0.3) is 0 Å². The first-order chi connectivity index (χ1) is 3.68. The van der Waals surface area contributed by atoms with Crippen molar-refractivity contribution in [1.29, 1.82) is 5.41 Å². The molecule has 0 amide bonds. The third kappa shape index (κ3) is 2.20. The van der Waals surface area contributed by atoms with Gasteiger partial charge < -0.3 is 5.73 Å². The van der Waals surface area contributed by atoms with Crippen molar-refractivity contribution in [1.82, 2.24) is 5.01 Å². The van der Waals surface area contributed by atoms with Crippen LogP contribution in [0.25, 0.3) is 0 Å². The van der Waals surface area contributed by atoms with Crippen molar-refractivity contribution in [3.8, 4) is 0 Å². The molecule has 46 valence electrons. The van der Waals surface area contributed by atoms with Gasteiger partial charge in [-0.2, -0.15) is 0 Å². The van der Waals surface area contributed by atoms with E-state index in [-0.39, 0.29) is 5.96 Å². The number of nitrogens with two attached hydrogens (primary N) is 2. The molecule has 0 bridgehead atoms. The Hall–Kier alpha value is -1.03. The molecule has 0 aromatic heterocycles. The Morgan fingerprint density at radius 2 is 2.38 bits per heavy atom. The molecular weight excluding hydrogens is 104 g/mol. The third-order valence-corrected chi connectivity index (χ3v) is 0.635. The largest absolute Gasteiger partial charge is 0.369 e. The third-order valence-electron chi connectivity index (χ3n) is 0.635. The molecule has 5 N–H and O–H groups in total. The quantitative estimate of drug-likeness (QED) is 0.145. The van der Waals surface area contributed by atoms with E-state index in [2.05, 4.69) is 6.58 Å². The molecule has 0 atom stereocenters. The summed E-state index contributed by atoms with van der Waals surface area (Å²) in [5.74, 6) is 4.99. The minimum absolute atomic E-state index is 0.148. The lowest BCUT2D eigenvalue weighted by molar-refractivity contribution is 0.480. The minimum Gasteiger partial charge on any atom is -0.369 e. The topological polar surface area (TPSA) is 79.1 Å². The highest BCUT2D eigenvalue weighted by Crippen LogP contribution is 1.72. The Morgan fingerprint density at radius 3 is 2.50 bits per heavy atom. The van der Waals surface area contributed by atoms with Gasteiger partial charge >= 0.3 is 0 Å². The lowest BCUT2D eigenvalue weighted by Gasteiger charge is -2.11. The molecule has 0 saturated heterocycles. The van der Waals surface area contributed by atoms with Crippen LogP contribution in [-0.2, 0) is 0 Å². The maximum atomic E-state index is 6.73. The molecule has 0 fully saturated rings. The molecule has 4 nitrogen and oxygen atoms in total. The number of nitrogens with zero attached hydrogens (tertiary/aromatic N) is 1. The van der Waals surface area contributed by atoms with Crippen LogP contribution in [0.3, 0.4) is 0 Å². The maximum Gasteiger partial charge on any atom is 0.203 e. The number of hydrazine groups is 1. The summed E-state index contributed by atoms with van der Waals surface area (Å²) in [6.45, 7) is 3.82. The van der Waals surface area contributed by atoms with Gasteiger partial charge in [0, 0.05) is 0 Å². The first-order valence-corrected chi connectivity index (χ1v) is 2.15. The summed E-state index contributed by atoms with van der Waals surface area (Å²) in [4.78, 5) is 0. The molecular formula is C4H10N4. The highest BCUT2D eigenvalue weighted by molar-refractivity contribution is 5.73. The summed E-state index contributed by atoms with van der Waals surface area (Å²) in [7, 11) is 0. The highest BCUT2D eigenvalue weighted by Gasteiger charge is 1.92. The van der Waals surface area contributed by atoms with Crippen LogP contribution >= 0.6 is 0 Å². The fraction of sp³-hybridized carbons (Fsp3) is 0.250. The van der Waals surface area contributed by atoms with Gasteiger partial charge in [0.15, 0.2) is 0 Å². The van der Waals surface area contributed by atoms with Gasteiger partial charge in [-0.05, 0) is 0 Å². The zero-order chi connectivity index (χ0) is 6.57. The predicted octanol–water partition coefficient (Wildman–Crippen LogP) is -0.758. The monoisotopic (exact) mass is 114 g/mol. The van der Waals surface area contributed by atoms with E-state index in [0.717, 1.165) is 5.01 Å². The molecule has 0 unspecified atom stereocenters. The average Bonchev–Trinajstić information content (AvgIpc) is 1.67. The summed E-state index contributed by atoms with van der Waals surface area (Å²) in [5.41, 5.74) is 4.96. The fourth-order valence-corrected chi connectivity index (χ4v) is 0.237. The fourth-order valence-electron chi connectivity index (χ4n) is 0.237. The van der Waals surface area contributed by atoms with Gasteiger partial charge in [0.05, 0.1) is 6.54 Å². The van der Waals surface area contributed by atoms with E-state index in [9.17, 15) is 0 Å². The van der Waals surface area contributed by atoms with Crippen molar-refractivity contribution in [2.45, 2.75) is 0 Å². The van der Waals surface area contributed by atoms with Crippen LogP contribution in [0.15, 0.2) is 12.7 Å². The Balaban J connectivity index is 3.46. The van der Waals surface area contributed by atoms with E-state index in [0.29, 0.717) is 6.54 Å². The molecule has 0 aliphatic carbocycles. The molecule has 0 saturated carbocycles. The Labute approximate surface area is 48.2 Å². The zero-order valence-electron chi connectivity index (χ0n) is 4.59. The molecule has 0 aliphatic rings. The Kier molecular flexibility index (Phi) is 2.64. The standard InChI is InChI=1S/C4H10N4/c1-2-3-8(7)4(5)6/h2H,1,3,7H2,(H3,5,6). The Bertz CT molecular complexity index is 98.2. The summed E-state index contributed by atoms with van der Waals surface area (Å²) in [6.07, 6.45) is 1.57. The van der Waals surface area contributed by atoms with E-state index >= 15 is 0 Å². The molecule has 0 aromatic rings. The summed E-state index contributed by atoms with van der Waals surface area (Å²) < 4.78 is 0. The van der Waals surface area contributed by atoms with Crippen molar-refractivity contribution >= 4 is 5.96 Å². The first kappa shape index (κ1) is 6.97. The van der Waals surface area contributed by atoms with Crippen LogP contribution < -0.4 is 11.6 Å². The van der Waals surface area contributed by atoms with Crippen LogP contribution in [0, 0.1) is 5.41 Å². The number of hydrogen-bond donors (Lipinski definition) is 3. The molecule has 0 radical (unpaired) electrons. The average molecular weight is 114 g/mol. The van der Waals surface area contributed by atoms with E-state index < -0.39 is 0 Å². The van der Waals surface area contributed by atoms with Gasteiger partial charge in [-0.25, -0.2) is 5.84 Å². The van der Waals surface area contributed by atoms with Gasteiger partial charge in [-0.3, -0.25) is 10.4 Å². The smallest absolute Gasteiger partial charge is 0.203 e. The lowest BCUT2D eigenvalue weighted by atomic mass is 10.6. The molecule has 0 rings (SSSR count). The number of rotatable bonds is 2. The minimum atomic E-state index is -0.148. The molecule has 4 heteroatoms. The lowest BCUT2D eigenvalue weighted by Crippen LogP contribution is -2.41. The second-order valence-electron chi connectivity index (χ2n) is 1.33. The summed E-state index contributed by atoms with van der Waals surface area (Å²) >= 11 is 0. The van der Waals surface area contributed by atoms with Crippen LogP contribution in [0.1, 0.15) is 0 Å². The van der Waals surface area contributed by atoms with E-state index in [4.69, 9.17) is 17.0 Å². The second kappa shape index (κ2) is 3.04. The number of hydrogen-bond acceptors (Lipinski definition) is 2. The summed E-state index contributed by atoms with van der Waals surface area (Å²) in [6, 6.07) is 0. The van der Waals surface area contributed by atoms with Gasteiger partial charge in [-0.15, -0.1) is 6.58 Å². The van der Waals surface area contributed by atoms with E-state index in [1.807, 2.05) is 0 Å². The van der Waals surface area contributed by atoms with E-state index in [1.54, 1.807) is 6.08 Å². The molecule has 0 aliphatic heterocycles. The van der Waals surface area contributed by atoms with Crippen molar-refractivity contribution in [2.24, 2.45) is 11.6 Å². The van der Waals surface area contributed by atoms with Gasteiger partial charge in [-0.1, -0.05) is 6.08 Å². The van der Waals surface area contributed by atoms with Crippen molar-refractivity contribution in [2.75, 3.05) is 6.54 Å². The molecule has 0 spiro atoms. The van der Waals surface area contributed by atoms with Crippen LogP contribution in [0.5, 0.6) is 0 Å². The maximum absolute atomic E-state index is 6.73. The number of nitrogens with one attached hydrogen (secondary N) is 1. The van der Waals surface area contributed by atoms with Gasteiger partial charge in [0.2, 0.25) is 5.96 Å². The normalized spacial score (nSPS) is 8.12. The highest BCUT2D eigenvalue weighted by atomic mass is 15.4. The van der Waals surface area contributed by atoms with Crippen LogP contribution in [0.4, 0.5) is 0 Å². The number of guanidine groups is 1. The van der Waals surface area contributed by atoms with Crippen molar-refractivity contribution in [3.05, 3.63) is 12.7 Å². The second-order valence-corrected chi connectivity index (χ2v) is 1.33. The molecule has 8 heavy (non-hydrogen) atoms. The molecule has 0 aromatic carbocycles. The predicted molar refractivity (Wildman–Crippen MR) is 33.0 cm³/mol. The van der Waals surface area contributed by atoms with Gasteiger partial charge in [0.1, 0.15) is 0 Å². The Morgan fingerprint density at radius 1 is 1.88 bits per heavy atom. The SMILES string of the molecule is C=CCN(N)C(=N)N. The van der Waals surface area contributed by atoms with Crippen molar-refractivity contribution in [3.63, 3.8) is 0 Å². The van der Waals surface area contributed by atoms with E-state index in [1.165, 1.54) is 0 Å². The van der Waals surface area contributed by atoms with Crippen LogP contribution in [0.2, 0.25) is 0 Å². The summed E-state index contributed by atoms with van der Waals surface area (Å²) in [5, 5.41) is 7.82. The van der Waals surface area contributed by atoms with Crippen molar-refractivity contribution < 1.29 is 0 Å². The zero-order valence-corrected chi connectivity index (χ0v) is 4.59. The first-order valence-electron chi connectivity index (χ1n) is 2.15. The molecule has 0 heterocycles.